The average molecular weight is 284 g/mol. The Morgan fingerprint density at radius 2 is 2.19 bits per heavy atom. The average Bonchev–Trinajstić information content (AvgIpc) is 2.98. The lowest BCUT2D eigenvalue weighted by Crippen LogP contribution is -2.27. The van der Waals surface area contributed by atoms with Crippen molar-refractivity contribution in [3.05, 3.63) is 28.2 Å². The highest BCUT2D eigenvalue weighted by Gasteiger charge is 2.31. The Balaban J connectivity index is 2.05. The Morgan fingerprint density at radius 1 is 1.44 bits per heavy atom. The Bertz CT molecular complexity index is 343. The zero-order valence-corrected chi connectivity index (χ0v) is 11.4. The molecule has 0 radical (unpaired) electrons. The van der Waals surface area contributed by atoms with Gasteiger partial charge >= 0.3 is 0 Å². The zero-order valence-electron chi connectivity index (χ0n) is 9.79. The fraction of sp³-hybridized carbons (Fsp3) is 0.538. The van der Waals surface area contributed by atoms with Gasteiger partial charge in [0.05, 0.1) is 12.6 Å². The third kappa shape index (κ3) is 3.22. The number of rotatable bonds is 5. The fourth-order valence-electron chi connectivity index (χ4n) is 2.01. The molecule has 1 aliphatic carbocycles. The summed E-state index contributed by atoms with van der Waals surface area (Å²) in [5.74, 6) is 0.791. The molecule has 1 aromatic carbocycles. The van der Waals surface area contributed by atoms with Crippen molar-refractivity contribution >= 4 is 21.6 Å². The summed E-state index contributed by atoms with van der Waals surface area (Å²) in [7, 11) is 1.77. The van der Waals surface area contributed by atoms with Crippen LogP contribution in [0, 0.1) is 12.8 Å². The summed E-state index contributed by atoms with van der Waals surface area (Å²) in [6.07, 6.45) is 2.65. The number of hydrogen-bond donors (Lipinski definition) is 1. The number of aryl methyl sites for hydroxylation is 1. The predicted molar refractivity (Wildman–Crippen MR) is 70.9 cm³/mol. The second-order valence-corrected chi connectivity index (χ2v) is 5.48. The summed E-state index contributed by atoms with van der Waals surface area (Å²) in [5.41, 5.74) is 2.45. The van der Waals surface area contributed by atoms with E-state index in [1.807, 2.05) is 0 Å². The number of halogens is 1. The van der Waals surface area contributed by atoms with Gasteiger partial charge in [-0.25, -0.2) is 0 Å². The number of benzene rings is 1. The lowest BCUT2D eigenvalue weighted by Gasteiger charge is -2.19. The number of nitrogens with one attached hydrogen (secondary N) is 1. The fourth-order valence-corrected chi connectivity index (χ4v) is 2.62. The standard InChI is InChI=1S/C13H18BrNO/c1-9-5-11(14)7-12(6-9)15-13(8-16-2)10-3-4-10/h5-7,10,13,15H,3-4,8H2,1-2H3. The summed E-state index contributed by atoms with van der Waals surface area (Å²) < 4.78 is 6.39. The number of hydrogen-bond acceptors (Lipinski definition) is 2. The van der Waals surface area contributed by atoms with E-state index >= 15 is 0 Å². The Labute approximate surface area is 106 Å². The van der Waals surface area contributed by atoms with Gasteiger partial charge in [0.1, 0.15) is 0 Å². The van der Waals surface area contributed by atoms with E-state index in [1.165, 1.54) is 24.1 Å². The van der Waals surface area contributed by atoms with Crippen LogP contribution in [0.5, 0.6) is 0 Å². The third-order valence-corrected chi connectivity index (χ3v) is 3.39. The largest absolute Gasteiger partial charge is 0.383 e. The van der Waals surface area contributed by atoms with Crippen LogP contribution in [0.4, 0.5) is 5.69 Å². The molecular weight excluding hydrogens is 266 g/mol. The minimum atomic E-state index is 0.457. The number of anilines is 1. The molecule has 0 aliphatic heterocycles. The molecule has 1 atom stereocenters. The molecule has 3 heteroatoms. The first-order chi connectivity index (χ1) is 7.69. The monoisotopic (exact) mass is 283 g/mol. The first kappa shape index (κ1) is 11.9. The molecule has 16 heavy (non-hydrogen) atoms. The molecule has 2 nitrogen and oxygen atoms in total. The van der Waals surface area contributed by atoms with E-state index in [2.05, 4.69) is 46.4 Å². The Morgan fingerprint density at radius 3 is 2.75 bits per heavy atom. The van der Waals surface area contributed by atoms with E-state index in [4.69, 9.17) is 4.74 Å². The van der Waals surface area contributed by atoms with Crippen molar-refractivity contribution in [3.63, 3.8) is 0 Å². The van der Waals surface area contributed by atoms with Crippen LogP contribution >= 0.6 is 15.9 Å². The minimum absolute atomic E-state index is 0.457. The van der Waals surface area contributed by atoms with Crippen molar-refractivity contribution in [1.82, 2.24) is 0 Å². The van der Waals surface area contributed by atoms with Crippen molar-refractivity contribution in [2.75, 3.05) is 19.0 Å². The van der Waals surface area contributed by atoms with Crippen molar-refractivity contribution in [3.8, 4) is 0 Å². The van der Waals surface area contributed by atoms with Crippen LogP contribution in [0.2, 0.25) is 0 Å². The highest BCUT2D eigenvalue weighted by molar-refractivity contribution is 9.10. The quantitative estimate of drug-likeness (QED) is 0.892. The molecule has 1 unspecified atom stereocenters. The molecular formula is C13H18BrNO. The second-order valence-electron chi connectivity index (χ2n) is 4.56. The lowest BCUT2D eigenvalue weighted by molar-refractivity contribution is 0.179. The van der Waals surface area contributed by atoms with Gasteiger partial charge in [-0.05, 0) is 49.4 Å². The lowest BCUT2D eigenvalue weighted by atomic mass is 10.1. The van der Waals surface area contributed by atoms with Gasteiger partial charge in [-0.15, -0.1) is 0 Å². The van der Waals surface area contributed by atoms with E-state index < -0.39 is 0 Å². The maximum absolute atomic E-state index is 5.26. The van der Waals surface area contributed by atoms with E-state index in [-0.39, 0.29) is 0 Å². The van der Waals surface area contributed by atoms with E-state index in [0.29, 0.717) is 6.04 Å². The molecule has 1 saturated carbocycles. The minimum Gasteiger partial charge on any atom is -0.383 e. The second kappa shape index (κ2) is 5.19. The summed E-state index contributed by atoms with van der Waals surface area (Å²) in [4.78, 5) is 0. The van der Waals surface area contributed by atoms with Crippen LogP contribution in [-0.2, 0) is 4.74 Å². The van der Waals surface area contributed by atoms with Crippen LogP contribution in [0.3, 0.4) is 0 Å². The van der Waals surface area contributed by atoms with Gasteiger partial charge < -0.3 is 10.1 Å². The van der Waals surface area contributed by atoms with Crippen molar-refractivity contribution in [2.24, 2.45) is 5.92 Å². The normalized spacial score (nSPS) is 17.2. The summed E-state index contributed by atoms with van der Waals surface area (Å²) in [6.45, 7) is 2.90. The van der Waals surface area contributed by atoms with Crippen molar-refractivity contribution in [1.29, 1.82) is 0 Å². The summed E-state index contributed by atoms with van der Waals surface area (Å²) in [6, 6.07) is 6.88. The molecule has 88 valence electrons. The predicted octanol–water partition coefficient (Wildman–Crippen LogP) is 3.59. The van der Waals surface area contributed by atoms with Crippen LogP contribution in [-0.4, -0.2) is 19.8 Å². The molecule has 2 rings (SSSR count). The molecule has 1 aromatic rings. The number of ether oxygens (including phenoxy) is 1. The van der Waals surface area contributed by atoms with Crippen LogP contribution < -0.4 is 5.32 Å². The zero-order chi connectivity index (χ0) is 11.5. The van der Waals surface area contributed by atoms with Gasteiger partial charge in [-0.2, -0.15) is 0 Å². The van der Waals surface area contributed by atoms with E-state index in [0.717, 1.165) is 17.0 Å². The van der Waals surface area contributed by atoms with E-state index in [9.17, 15) is 0 Å². The van der Waals surface area contributed by atoms with Crippen LogP contribution in [0.1, 0.15) is 18.4 Å². The molecule has 0 aromatic heterocycles. The molecule has 0 saturated heterocycles. The maximum Gasteiger partial charge on any atom is 0.0666 e. The van der Waals surface area contributed by atoms with Crippen LogP contribution in [0.25, 0.3) is 0 Å². The molecule has 1 fully saturated rings. The first-order valence-corrected chi connectivity index (χ1v) is 6.51. The van der Waals surface area contributed by atoms with Gasteiger partial charge in [0.15, 0.2) is 0 Å². The Kier molecular flexibility index (Phi) is 3.87. The maximum atomic E-state index is 5.26. The third-order valence-electron chi connectivity index (χ3n) is 2.93. The van der Waals surface area contributed by atoms with Gasteiger partial charge in [-0.3, -0.25) is 0 Å². The molecule has 1 aliphatic rings. The summed E-state index contributed by atoms with van der Waals surface area (Å²) >= 11 is 3.52. The van der Waals surface area contributed by atoms with Crippen molar-refractivity contribution in [2.45, 2.75) is 25.8 Å². The van der Waals surface area contributed by atoms with Gasteiger partial charge in [-0.1, -0.05) is 15.9 Å². The highest BCUT2D eigenvalue weighted by Crippen LogP contribution is 2.34. The topological polar surface area (TPSA) is 21.3 Å². The smallest absolute Gasteiger partial charge is 0.0666 e. The van der Waals surface area contributed by atoms with Crippen LogP contribution in [0.15, 0.2) is 22.7 Å². The SMILES string of the molecule is COCC(Nc1cc(C)cc(Br)c1)C1CC1. The van der Waals surface area contributed by atoms with Crippen molar-refractivity contribution < 1.29 is 4.74 Å². The molecule has 0 amide bonds. The molecule has 0 spiro atoms. The number of methoxy groups -OCH3 is 1. The molecule has 0 bridgehead atoms. The summed E-state index contributed by atoms with van der Waals surface area (Å²) in [5, 5.41) is 3.57. The first-order valence-electron chi connectivity index (χ1n) is 5.71. The highest BCUT2D eigenvalue weighted by atomic mass is 79.9. The van der Waals surface area contributed by atoms with E-state index in [1.54, 1.807) is 7.11 Å². The van der Waals surface area contributed by atoms with Gasteiger partial charge in [0.2, 0.25) is 0 Å². The molecule has 1 N–H and O–H groups in total. The Hall–Kier alpha value is -0.540. The van der Waals surface area contributed by atoms with Gasteiger partial charge in [0.25, 0.3) is 0 Å². The van der Waals surface area contributed by atoms with Gasteiger partial charge in [0, 0.05) is 17.3 Å². The molecule has 0 heterocycles.